The fraction of sp³-hybridized carbons (Fsp3) is 0.556. The van der Waals surface area contributed by atoms with Gasteiger partial charge in [0.15, 0.2) is 0 Å². The molecule has 4 N–H and O–H groups in total. The predicted molar refractivity (Wildman–Crippen MR) is 101 cm³/mol. The average Bonchev–Trinajstić information content (AvgIpc) is 2.51. The van der Waals surface area contributed by atoms with E-state index in [0.717, 1.165) is 12.8 Å². The van der Waals surface area contributed by atoms with Crippen molar-refractivity contribution in [3.8, 4) is 0 Å². The smallest absolute Gasteiger partial charge is 0.251 e. The summed E-state index contributed by atoms with van der Waals surface area (Å²) >= 11 is 0. The second-order valence-electron chi connectivity index (χ2n) is 6.65. The molecule has 6 heteroatoms. The Hall–Kier alpha value is -1.59. The Morgan fingerprint density at radius 1 is 1.21 bits per heavy atom. The van der Waals surface area contributed by atoms with Gasteiger partial charge in [0.1, 0.15) is 0 Å². The third kappa shape index (κ3) is 6.89. The summed E-state index contributed by atoms with van der Waals surface area (Å²) in [6.45, 7) is 9.12. The lowest BCUT2D eigenvalue weighted by Crippen LogP contribution is -2.52. The predicted octanol–water partition coefficient (Wildman–Crippen LogP) is 2.74. The lowest BCUT2D eigenvalue weighted by Gasteiger charge is -2.31. The van der Waals surface area contributed by atoms with Crippen LogP contribution in [0.5, 0.6) is 0 Å². The van der Waals surface area contributed by atoms with E-state index >= 15 is 0 Å². The van der Waals surface area contributed by atoms with Gasteiger partial charge in [0.05, 0.1) is 0 Å². The molecule has 0 saturated heterocycles. The Morgan fingerprint density at radius 2 is 1.79 bits per heavy atom. The molecular weight excluding hydrogens is 326 g/mol. The summed E-state index contributed by atoms with van der Waals surface area (Å²) in [5.41, 5.74) is 6.34. The molecule has 136 valence electrons. The highest BCUT2D eigenvalue weighted by atomic mass is 35.5. The number of carbonyl (C=O) groups excluding carboxylic acids is 2. The van der Waals surface area contributed by atoms with Gasteiger partial charge in [0.25, 0.3) is 11.8 Å². The fourth-order valence-corrected chi connectivity index (χ4v) is 2.57. The first-order valence-corrected chi connectivity index (χ1v) is 8.22. The summed E-state index contributed by atoms with van der Waals surface area (Å²) in [5.74, 6) is 0.0593. The number of hydrogen-bond acceptors (Lipinski definition) is 3. The maximum Gasteiger partial charge on any atom is 0.251 e. The third-order valence-corrected chi connectivity index (χ3v) is 3.65. The van der Waals surface area contributed by atoms with Crippen LogP contribution in [-0.4, -0.2) is 30.4 Å². The molecule has 0 aromatic heterocycles. The molecule has 2 amide bonds. The second-order valence-corrected chi connectivity index (χ2v) is 6.65. The highest BCUT2D eigenvalue weighted by Gasteiger charge is 2.26. The number of carbonyl (C=O) groups is 2. The van der Waals surface area contributed by atoms with Crippen LogP contribution >= 0.6 is 12.4 Å². The number of rotatable bonds is 8. The molecule has 24 heavy (non-hydrogen) atoms. The van der Waals surface area contributed by atoms with E-state index < -0.39 is 5.54 Å². The van der Waals surface area contributed by atoms with Crippen LogP contribution in [0.3, 0.4) is 0 Å². The number of nitrogens with one attached hydrogen (secondary N) is 2. The summed E-state index contributed by atoms with van der Waals surface area (Å²) in [5, 5.41) is 5.81. The molecule has 0 saturated carbocycles. The largest absolute Gasteiger partial charge is 0.352 e. The van der Waals surface area contributed by atoms with Crippen molar-refractivity contribution in [3.63, 3.8) is 0 Å². The van der Waals surface area contributed by atoms with Crippen LogP contribution in [0.2, 0.25) is 0 Å². The van der Waals surface area contributed by atoms with Crippen molar-refractivity contribution in [2.45, 2.75) is 46.1 Å². The van der Waals surface area contributed by atoms with Gasteiger partial charge in [-0.05, 0) is 43.9 Å². The van der Waals surface area contributed by atoms with Crippen molar-refractivity contribution in [3.05, 3.63) is 35.4 Å². The summed E-state index contributed by atoms with van der Waals surface area (Å²) in [7, 11) is 0. The SMILES string of the molecule is CCCNC(=O)c1cccc(C(=O)NC(C)(CN)CC(C)C)c1.Cl. The molecule has 1 rings (SSSR count). The van der Waals surface area contributed by atoms with Gasteiger partial charge in [-0.2, -0.15) is 0 Å². The molecule has 1 unspecified atom stereocenters. The Labute approximate surface area is 151 Å². The van der Waals surface area contributed by atoms with Crippen molar-refractivity contribution in [1.82, 2.24) is 10.6 Å². The van der Waals surface area contributed by atoms with Gasteiger partial charge in [-0.3, -0.25) is 9.59 Å². The molecule has 1 atom stereocenters. The van der Waals surface area contributed by atoms with Gasteiger partial charge in [0.2, 0.25) is 0 Å². The first-order chi connectivity index (χ1) is 10.8. The topological polar surface area (TPSA) is 84.2 Å². The molecule has 1 aromatic rings. The molecule has 5 nitrogen and oxygen atoms in total. The van der Waals surface area contributed by atoms with Crippen molar-refractivity contribution in [2.24, 2.45) is 11.7 Å². The zero-order chi connectivity index (χ0) is 17.5. The van der Waals surface area contributed by atoms with Crippen molar-refractivity contribution in [1.29, 1.82) is 0 Å². The molecule has 0 aliphatic heterocycles. The van der Waals surface area contributed by atoms with E-state index in [1.165, 1.54) is 0 Å². The van der Waals surface area contributed by atoms with E-state index in [4.69, 9.17) is 5.73 Å². The van der Waals surface area contributed by atoms with Crippen molar-refractivity contribution >= 4 is 24.2 Å². The van der Waals surface area contributed by atoms with Gasteiger partial charge < -0.3 is 16.4 Å². The lowest BCUT2D eigenvalue weighted by atomic mass is 9.90. The highest BCUT2D eigenvalue weighted by molar-refractivity contribution is 5.99. The van der Waals surface area contributed by atoms with E-state index in [9.17, 15) is 9.59 Å². The minimum absolute atomic E-state index is 0. The highest BCUT2D eigenvalue weighted by Crippen LogP contribution is 2.16. The van der Waals surface area contributed by atoms with Crippen LogP contribution in [0.25, 0.3) is 0 Å². The quantitative estimate of drug-likeness (QED) is 0.670. The molecule has 1 aromatic carbocycles. The molecule has 0 aliphatic carbocycles. The van der Waals surface area contributed by atoms with E-state index in [1.807, 2.05) is 13.8 Å². The summed E-state index contributed by atoms with van der Waals surface area (Å²) in [6.07, 6.45) is 1.67. The number of amides is 2. The summed E-state index contributed by atoms with van der Waals surface area (Å²) < 4.78 is 0. The Balaban J connectivity index is 0.00000529. The van der Waals surface area contributed by atoms with Crippen LogP contribution in [0.15, 0.2) is 24.3 Å². The van der Waals surface area contributed by atoms with E-state index in [1.54, 1.807) is 24.3 Å². The zero-order valence-corrected chi connectivity index (χ0v) is 15.8. The molecule has 0 heterocycles. The van der Waals surface area contributed by atoms with Gasteiger partial charge >= 0.3 is 0 Å². The first kappa shape index (κ1) is 22.4. The Kier molecular flexibility index (Phi) is 9.63. The number of nitrogens with two attached hydrogens (primary N) is 1. The maximum absolute atomic E-state index is 12.5. The van der Waals surface area contributed by atoms with Crippen LogP contribution in [0.4, 0.5) is 0 Å². The van der Waals surface area contributed by atoms with E-state index in [-0.39, 0.29) is 24.2 Å². The van der Waals surface area contributed by atoms with Crippen LogP contribution < -0.4 is 16.4 Å². The van der Waals surface area contributed by atoms with Crippen LogP contribution in [0, 0.1) is 5.92 Å². The van der Waals surface area contributed by atoms with E-state index in [0.29, 0.717) is 30.1 Å². The number of benzene rings is 1. The van der Waals surface area contributed by atoms with Crippen LogP contribution in [-0.2, 0) is 0 Å². The zero-order valence-electron chi connectivity index (χ0n) is 15.0. The molecule has 0 radical (unpaired) electrons. The van der Waals surface area contributed by atoms with Gasteiger partial charge in [-0.15, -0.1) is 12.4 Å². The summed E-state index contributed by atoms with van der Waals surface area (Å²) in [6, 6.07) is 6.75. The molecule has 0 spiro atoms. The maximum atomic E-state index is 12.5. The summed E-state index contributed by atoms with van der Waals surface area (Å²) in [4.78, 5) is 24.5. The molecule has 0 aliphatic rings. The minimum atomic E-state index is -0.453. The van der Waals surface area contributed by atoms with Gasteiger partial charge in [0, 0.05) is 29.8 Å². The second kappa shape index (κ2) is 10.3. The fourth-order valence-electron chi connectivity index (χ4n) is 2.57. The van der Waals surface area contributed by atoms with Gasteiger partial charge in [-0.25, -0.2) is 0 Å². The molecular formula is C18H30ClN3O2. The lowest BCUT2D eigenvalue weighted by molar-refractivity contribution is 0.0898. The average molecular weight is 356 g/mol. The van der Waals surface area contributed by atoms with Crippen molar-refractivity contribution < 1.29 is 9.59 Å². The number of hydrogen-bond donors (Lipinski definition) is 3. The Bertz CT molecular complexity index is 549. The third-order valence-electron chi connectivity index (χ3n) is 3.65. The monoisotopic (exact) mass is 355 g/mol. The van der Waals surface area contributed by atoms with Gasteiger partial charge in [-0.1, -0.05) is 26.8 Å². The normalized spacial score (nSPS) is 12.9. The van der Waals surface area contributed by atoms with E-state index in [2.05, 4.69) is 24.5 Å². The van der Waals surface area contributed by atoms with Crippen molar-refractivity contribution in [2.75, 3.05) is 13.1 Å². The minimum Gasteiger partial charge on any atom is -0.352 e. The molecule has 0 fully saturated rings. The standard InChI is InChI=1S/C18H29N3O2.ClH/c1-5-9-20-16(22)14-7-6-8-15(10-14)17(23)21-18(4,12-19)11-13(2)3;/h6-8,10,13H,5,9,11-12,19H2,1-4H3,(H,20,22)(H,21,23);1H. The first-order valence-electron chi connectivity index (χ1n) is 8.22. The number of halogens is 1. The van der Waals surface area contributed by atoms with Crippen LogP contribution in [0.1, 0.15) is 61.3 Å². The Morgan fingerprint density at radius 3 is 2.29 bits per heavy atom. The molecule has 0 bridgehead atoms.